The van der Waals surface area contributed by atoms with Gasteiger partial charge >= 0.3 is 0 Å². The molecule has 0 bridgehead atoms. The summed E-state index contributed by atoms with van der Waals surface area (Å²) >= 11 is 11.4. The molecular formula is C9H5Cl2FN2O. The lowest BCUT2D eigenvalue weighted by molar-refractivity contribution is 0.424. The zero-order valence-corrected chi connectivity index (χ0v) is 8.89. The van der Waals surface area contributed by atoms with Crippen molar-refractivity contribution in [3.05, 3.63) is 34.9 Å². The zero-order chi connectivity index (χ0) is 10.8. The molecule has 0 atom stereocenters. The molecule has 78 valence electrons. The van der Waals surface area contributed by atoms with Crippen LogP contribution >= 0.6 is 23.2 Å². The second-order valence-corrected chi connectivity index (χ2v) is 3.45. The Morgan fingerprint density at radius 3 is 2.87 bits per heavy atom. The fraction of sp³-hybridized carbons (Fsp3) is 0.111. The van der Waals surface area contributed by atoms with E-state index in [0.29, 0.717) is 16.4 Å². The van der Waals surface area contributed by atoms with Gasteiger partial charge in [0.25, 0.3) is 5.89 Å². The first-order chi connectivity index (χ1) is 7.20. The van der Waals surface area contributed by atoms with Gasteiger partial charge in [0.1, 0.15) is 5.82 Å². The van der Waals surface area contributed by atoms with Crippen molar-refractivity contribution in [1.82, 2.24) is 10.1 Å². The normalized spacial score (nSPS) is 10.6. The van der Waals surface area contributed by atoms with Gasteiger partial charge in [-0.3, -0.25) is 0 Å². The minimum Gasteiger partial charge on any atom is -0.334 e. The molecule has 1 aromatic heterocycles. The second kappa shape index (κ2) is 4.16. The SMILES string of the molecule is Fc1ccc(Cl)c(-c2nc(CCl)no2)c1. The van der Waals surface area contributed by atoms with E-state index in [4.69, 9.17) is 27.7 Å². The van der Waals surface area contributed by atoms with E-state index in [0.717, 1.165) is 0 Å². The Kier molecular flexibility index (Phi) is 2.88. The molecule has 0 amide bonds. The molecule has 15 heavy (non-hydrogen) atoms. The zero-order valence-electron chi connectivity index (χ0n) is 7.38. The van der Waals surface area contributed by atoms with Crippen LogP contribution in [0.1, 0.15) is 5.82 Å². The standard InChI is InChI=1S/C9H5Cl2FN2O/c10-4-8-13-9(15-14-8)6-3-5(12)1-2-7(6)11/h1-3H,4H2. The summed E-state index contributed by atoms with van der Waals surface area (Å²) < 4.78 is 17.8. The smallest absolute Gasteiger partial charge is 0.259 e. The first kappa shape index (κ1) is 10.4. The van der Waals surface area contributed by atoms with Gasteiger partial charge in [-0.15, -0.1) is 11.6 Å². The van der Waals surface area contributed by atoms with Gasteiger partial charge in [0.2, 0.25) is 0 Å². The number of nitrogens with zero attached hydrogens (tertiary/aromatic N) is 2. The van der Waals surface area contributed by atoms with Gasteiger partial charge in [0.15, 0.2) is 5.82 Å². The summed E-state index contributed by atoms with van der Waals surface area (Å²) in [6.07, 6.45) is 0. The van der Waals surface area contributed by atoms with Crippen LogP contribution in [0.5, 0.6) is 0 Å². The first-order valence-corrected chi connectivity index (χ1v) is 4.96. The summed E-state index contributed by atoms with van der Waals surface area (Å²) in [5, 5.41) is 3.93. The summed E-state index contributed by atoms with van der Waals surface area (Å²) in [5.74, 6) is 0.221. The van der Waals surface area contributed by atoms with E-state index < -0.39 is 5.82 Å². The van der Waals surface area contributed by atoms with Crippen LogP contribution in [0.4, 0.5) is 4.39 Å². The van der Waals surface area contributed by atoms with Crippen molar-refractivity contribution in [2.24, 2.45) is 0 Å². The van der Waals surface area contributed by atoms with E-state index in [9.17, 15) is 4.39 Å². The van der Waals surface area contributed by atoms with Gasteiger partial charge in [0.05, 0.1) is 16.5 Å². The average Bonchev–Trinajstić information content (AvgIpc) is 2.70. The molecule has 0 aliphatic carbocycles. The first-order valence-electron chi connectivity index (χ1n) is 4.04. The lowest BCUT2D eigenvalue weighted by Crippen LogP contribution is -1.83. The van der Waals surface area contributed by atoms with Crippen molar-refractivity contribution < 1.29 is 8.91 Å². The molecule has 0 saturated carbocycles. The van der Waals surface area contributed by atoms with Crippen LogP contribution in [0.3, 0.4) is 0 Å². The molecule has 6 heteroatoms. The monoisotopic (exact) mass is 246 g/mol. The minimum atomic E-state index is -0.417. The van der Waals surface area contributed by atoms with Crippen LogP contribution < -0.4 is 0 Å². The maximum absolute atomic E-state index is 12.9. The van der Waals surface area contributed by atoms with E-state index in [-0.39, 0.29) is 11.8 Å². The lowest BCUT2D eigenvalue weighted by Gasteiger charge is -1.97. The molecule has 0 spiro atoms. The summed E-state index contributed by atoms with van der Waals surface area (Å²) in [6.45, 7) is 0. The van der Waals surface area contributed by atoms with Crippen LogP contribution in [0.15, 0.2) is 22.7 Å². The van der Waals surface area contributed by atoms with E-state index in [1.54, 1.807) is 0 Å². The number of alkyl halides is 1. The molecule has 0 aliphatic heterocycles. The summed E-state index contributed by atoms with van der Waals surface area (Å²) in [5.41, 5.74) is 0.362. The van der Waals surface area contributed by atoms with Crippen molar-refractivity contribution in [1.29, 1.82) is 0 Å². The quantitative estimate of drug-likeness (QED) is 0.764. The number of halogens is 3. The fourth-order valence-electron chi connectivity index (χ4n) is 1.08. The third-order valence-corrected chi connectivity index (χ3v) is 2.32. The maximum Gasteiger partial charge on any atom is 0.259 e. The molecule has 2 aromatic rings. The van der Waals surface area contributed by atoms with Gasteiger partial charge in [-0.05, 0) is 18.2 Å². The highest BCUT2D eigenvalue weighted by Crippen LogP contribution is 2.27. The molecule has 0 aliphatic rings. The molecule has 0 unspecified atom stereocenters. The molecule has 0 saturated heterocycles. The van der Waals surface area contributed by atoms with Crippen LogP contribution in [-0.2, 0) is 5.88 Å². The maximum atomic E-state index is 12.9. The highest BCUT2D eigenvalue weighted by Gasteiger charge is 2.12. The second-order valence-electron chi connectivity index (χ2n) is 2.77. The molecular weight excluding hydrogens is 242 g/mol. The Balaban J connectivity index is 2.48. The van der Waals surface area contributed by atoms with Gasteiger partial charge in [0, 0.05) is 0 Å². The molecule has 1 heterocycles. The fourth-order valence-corrected chi connectivity index (χ4v) is 1.39. The van der Waals surface area contributed by atoms with Crippen LogP contribution in [0.25, 0.3) is 11.5 Å². The number of hydrogen-bond acceptors (Lipinski definition) is 3. The van der Waals surface area contributed by atoms with Crippen LogP contribution in [-0.4, -0.2) is 10.1 Å². The van der Waals surface area contributed by atoms with Crippen molar-refractivity contribution >= 4 is 23.2 Å². The summed E-state index contributed by atoms with van der Waals surface area (Å²) in [6, 6.07) is 3.91. The van der Waals surface area contributed by atoms with Crippen molar-refractivity contribution in [3.63, 3.8) is 0 Å². The summed E-state index contributed by atoms with van der Waals surface area (Å²) in [7, 11) is 0. The van der Waals surface area contributed by atoms with E-state index >= 15 is 0 Å². The third kappa shape index (κ3) is 2.11. The van der Waals surface area contributed by atoms with Crippen molar-refractivity contribution in [3.8, 4) is 11.5 Å². The van der Waals surface area contributed by atoms with E-state index in [1.807, 2.05) is 0 Å². The third-order valence-electron chi connectivity index (χ3n) is 1.75. The lowest BCUT2D eigenvalue weighted by atomic mass is 10.2. The number of rotatable bonds is 2. The minimum absolute atomic E-state index is 0.135. The number of hydrogen-bond donors (Lipinski definition) is 0. The Morgan fingerprint density at radius 1 is 1.40 bits per heavy atom. The molecule has 1 aromatic carbocycles. The van der Waals surface area contributed by atoms with Crippen molar-refractivity contribution in [2.75, 3.05) is 0 Å². The molecule has 3 nitrogen and oxygen atoms in total. The highest BCUT2D eigenvalue weighted by atomic mass is 35.5. The Labute approximate surface area is 94.8 Å². The van der Waals surface area contributed by atoms with Crippen LogP contribution in [0.2, 0.25) is 5.02 Å². The van der Waals surface area contributed by atoms with E-state index in [2.05, 4.69) is 10.1 Å². The van der Waals surface area contributed by atoms with Gasteiger partial charge < -0.3 is 4.52 Å². The predicted molar refractivity (Wildman–Crippen MR) is 54.3 cm³/mol. The molecule has 0 N–H and O–H groups in total. The van der Waals surface area contributed by atoms with Crippen LogP contribution in [0, 0.1) is 5.82 Å². The summed E-state index contributed by atoms with van der Waals surface area (Å²) in [4.78, 5) is 3.94. The highest BCUT2D eigenvalue weighted by molar-refractivity contribution is 6.33. The van der Waals surface area contributed by atoms with Gasteiger partial charge in [-0.1, -0.05) is 16.8 Å². The Morgan fingerprint density at radius 2 is 2.20 bits per heavy atom. The van der Waals surface area contributed by atoms with Gasteiger partial charge in [-0.25, -0.2) is 4.39 Å². The largest absolute Gasteiger partial charge is 0.334 e. The Bertz CT molecular complexity index is 487. The van der Waals surface area contributed by atoms with Crippen molar-refractivity contribution in [2.45, 2.75) is 5.88 Å². The number of aromatic nitrogens is 2. The van der Waals surface area contributed by atoms with E-state index in [1.165, 1.54) is 18.2 Å². The number of benzene rings is 1. The molecule has 2 rings (SSSR count). The molecule has 0 radical (unpaired) electrons. The predicted octanol–water partition coefficient (Wildman–Crippen LogP) is 3.27. The average molecular weight is 247 g/mol. The molecule has 0 fully saturated rings. The van der Waals surface area contributed by atoms with Gasteiger partial charge in [-0.2, -0.15) is 4.98 Å². The Hall–Kier alpha value is -1.13. The topological polar surface area (TPSA) is 38.9 Å².